The molecule has 0 saturated heterocycles. The fourth-order valence-corrected chi connectivity index (χ4v) is 2.45. The van der Waals surface area contributed by atoms with Gasteiger partial charge in [-0.05, 0) is 60.8 Å². The van der Waals surface area contributed by atoms with Gasteiger partial charge in [0.25, 0.3) is 0 Å². The molecular formula is C20H24. The molecule has 0 radical (unpaired) electrons. The zero-order valence-electron chi connectivity index (χ0n) is 12.7. The molecule has 1 saturated carbocycles. The Bertz CT molecular complexity index is 576. The fraction of sp³-hybridized carbons (Fsp3) is 0.350. The van der Waals surface area contributed by atoms with Gasteiger partial charge in [-0.1, -0.05) is 56.0 Å². The van der Waals surface area contributed by atoms with Crippen molar-refractivity contribution in [3.8, 4) is 0 Å². The van der Waals surface area contributed by atoms with Gasteiger partial charge in [0.2, 0.25) is 0 Å². The van der Waals surface area contributed by atoms with Crippen LogP contribution in [0.25, 0.3) is 5.57 Å². The number of allylic oxidation sites excluding steroid dienone is 4. The molecule has 0 aliphatic heterocycles. The van der Waals surface area contributed by atoms with Crippen LogP contribution in [0.4, 0.5) is 0 Å². The molecule has 0 N–H and O–H groups in total. The van der Waals surface area contributed by atoms with Gasteiger partial charge in [0, 0.05) is 0 Å². The molecule has 1 aliphatic carbocycles. The summed E-state index contributed by atoms with van der Waals surface area (Å²) < 4.78 is 0. The summed E-state index contributed by atoms with van der Waals surface area (Å²) in [5.74, 6) is 0.755. The van der Waals surface area contributed by atoms with E-state index in [1.807, 2.05) is 0 Å². The SMILES string of the molecule is C=C=C(C)c1ccc(CC(=C)/C=C/CC)c(C2CC2)c1. The second-order valence-electron chi connectivity index (χ2n) is 5.64. The molecule has 0 amide bonds. The zero-order chi connectivity index (χ0) is 14.5. The molecule has 1 aliphatic rings. The summed E-state index contributed by atoms with van der Waals surface area (Å²) in [6, 6.07) is 6.78. The van der Waals surface area contributed by atoms with Crippen molar-refractivity contribution in [3.63, 3.8) is 0 Å². The van der Waals surface area contributed by atoms with Crippen LogP contribution in [0.2, 0.25) is 0 Å². The maximum absolute atomic E-state index is 4.17. The topological polar surface area (TPSA) is 0 Å². The van der Waals surface area contributed by atoms with E-state index in [0.29, 0.717) is 0 Å². The van der Waals surface area contributed by atoms with E-state index in [1.165, 1.54) is 35.1 Å². The van der Waals surface area contributed by atoms with Gasteiger partial charge in [-0.2, -0.15) is 0 Å². The quantitative estimate of drug-likeness (QED) is 0.449. The van der Waals surface area contributed by atoms with Crippen molar-refractivity contribution in [1.82, 2.24) is 0 Å². The lowest BCUT2D eigenvalue weighted by molar-refractivity contribution is 1.05. The van der Waals surface area contributed by atoms with Crippen LogP contribution in [0.5, 0.6) is 0 Å². The van der Waals surface area contributed by atoms with Crippen LogP contribution in [0.3, 0.4) is 0 Å². The monoisotopic (exact) mass is 264 g/mol. The highest BCUT2D eigenvalue weighted by Crippen LogP contribution is 2.43. The van der Waals surface area contributed by atoms with Crippen molar-refractivity contribution >= 4 is 5.57 Å². The maximum atomic E-state index is 4.17. The molecule has 1 aromatic rings. The van der Waals surface area contributed by atoms with E-state index in [9.17, 15) is 0 Å². The molecule has 0 aromatic heterocycles. The predicted molar refractivity (Wildman–Crippen MR) is 88.9 cm³/mol. The molecule has 0 spiro atoms. The van der Waals surface area contributed by atoms with Gasteiger partial charge in [-0.15, -0.1) is 5.73 Å². The van der Waals surface area contributed by atoms with E-state index >= 15 is 0 Å². The van der Waals surface area contributed by atoms with Gasteiger partial charge in [-0.25, -0.2) is 0 Å². The fourth-order valence-electron chi connectivity index (χ4n) is 2.45. The Morgan fingerprint density at radius 1 is 1.40 bits per heavy atom. The van der Waals surface area contributed by atoms with Crippen LogP contribution in [0.1, 0.15) is 55.7 Å². The summed E-state index contributed by atoms with van der Waals surface area (Å²) >= 11 is 0. The molecule has 104 valence electrons. The second kappa shape index (κ2) is 6.59. The van der Waals surface area contributed by atoms with E-state index in [1.54, 1.807) is 0 Å². The molecule has 0 heteroatoms. The van der Waals surface area contributed by atoms with Crippen molar-refractivity contribution in [2.45, 2.75) is 45.4 Å². The van der Waals surface area contributed by atoms with Crippen LogP contribution in [0, 0.1) is 0 Å². The van der Waals surface area contributed by atoms with Gasteiger partial charge in [0.15, 0.2) is 0 Å². The first-order valence-corrected chi connectivity index (χ1v) is 7.49. The molecular weight excluding hydrogens is 240 g/mol. The van der Waals surface area contributed by atoms with Crippen molar-refractivity contribution in [3.05, 3.63) is 71.5 Å². The standard InChI is InChI=1S/C20H24/c1-5-7-8-15(3)13-19-12-11-18(16(4)6-2)14-20(19)17-9-10-17/h7-8,11-12,14,17H,2-3,5,9-10,13H2,1,4H3/b8-7+. The Hall–Kier alpha value is -1.78. The number of benzene rings is 1. The largest absolute Gasteiger partial charge is 0.125 e. The van der Waals surface area contributed by atoms with Crippen LogP contribution in [-0.2, 0) is 6.42 Å². The van der Waals surface area contributed by atoms with Crippen molar-refractivity contribution < 1.29 is 0 Å². The number of rotatable bonds is 6. The molecule has 20 heavy (non-hydrogen) atoms. The smallest absolute Gasteiger partial charge is 0.00251 e. The molecule has 0 bridgehead atoms. The molecule has 1 fully saturated rings. The molecule has 0 unspecified atom stereocenters. The lowest BCUT2D eigenvalue weighted by Gasteiger charge is -2.11. The summed E-state index contributed by atoms with van der Waals surface area (Å²) in [7, 11) is 0. The molecule has 1 aromatic carbocycles. The van der Waals surface area contributed by atoms with Gasteiger partial charge in [0.1, 0.15) is 0 Å². The van der Waals surface area contributed by atoms with E-state index in [-0.39, 0.29) is 0 Å². The highest BCUT2D eigenvalue weighted by Gasteiger charge is 2.26. The first-order valence-electron chi connectivity index (χ1n) is 7.49. The van der Waals surface area contributed by atoms with Crippen molar-refractivity contribution in [2.75, 3.05) is 0 Å². The predicted octanol–water partition coefficient (Wildman–Crippen LogP) is 5.82. The van der Waals surface area contributed by atoms with Crippen LogP contribution in [-0.4, -0.2) is 0 Å². The highest BCUT2D eigenvalue weighted by molar-refractivity contribution is 5.64. The van der Waals surface area contributed by atoms with Crippen LogP contribution in [0.15, 0.2) is 54.8 Å². The summed E-state index contributed by atoms with van der Waals surface area (Å²) in [5, 5.41) is 0. The molecule has 0 heterocycles. The third kappa shape index (κ3) is 3.62. The van der Waals surface area contributed by atoms with Gasteiger partial charge in [0.05, 0.1) is 0 Å². The number of hydrogen-bond acceptors (Lipinski definition) is 0. The summed E-state index contributed by atoms with van der Waals surface area (Å²) in [5.41, 5.74) is 9.50. The Labute approximate surface area is 123 Å². The minimum absolute atomic E-state index is 0.755. The minimum Gasteiger partial charge on any atom is -0.125 e. The lowest BCUT2D eigenvalue weighted by Crippen LogP contribution is -1.96. The second-order valence-corrected chi connectivity index (χ2v) is 5.64. The Kier molecular flexibility index (Phi) is 4.82. The molecule has 0 nitrogen and oxygen atoms in total. The average molecular weight is 264 g/mol. The van der Waals surface area contributed by atoms with Crippen molar-refractivity contribution in [1.29, 1.82) is 0 Å². The highest BCUT2D eigenvalue weighted by atomic mass is 14.3. The zero-order valence-corrected chi connectivity index (χ0v) is 12.7. The van der Waals surface area contributed by atoms with Crippen LogP contribution >= 0.6 is 0 Å². The van der Waals surface area contributed by atoms with E-state index < -0.39 is 0 Å². The Morgan fingerprint density at radius 3 is 2.75 bits per heavy atom. The number of hydrogen-bond donors (Lipinski definition) is 0. The van der Waals surface area contributed by atoms with Gasteiger partial charge in [-0.3, -0.25) is 0 Å². The summed E-state index contributed by atoms with van der Waals surface area (Å²) in [6.07, 6.45) is 9.00. The first-order chi connectivity index (χ1) is 9.65. The lowest BCUT2D eigenvalue weighted by atomic mass is 9.93. The third-order valence-electron chi connectivity index (χ3n) is 3.87. The molecule has 2 rings (SSSR count). The Balaban J connectivity index is 2.26. The normalized spacial score (nSPS) is 14.3. The Morgan fingerprint density at radius 2 is 2.15 bits per heavy atom. The van der Waals surface area contributed by atoms with E-state index in [4.69, 9.17) is 0 Å². The van der Waals surface area contributed by atoms with E-state index in [0.717, 1.165) is 24.3 Å². The first kappa shape index (κ1) is 14.6. The average Bonchev–Trinajstić information content (AvgIpc) is 3.29. The van der Waals surface area contributed by atoms with E-state index in [2.05, 4.69) is 63.1 Å². The maximum Gasteiger partial charge on any atom is -0.00251 e. The summed E-state index contributed by atoms with van der Waals surface area (Å²) in [6.45, 7) is 12.1. The summed E-state index contributed by atoms with van der Waals surface area (Å²) in [4.78, 5) is 0. The van der Waals surface area contributed by atoms with Gasteiger partial charge >= 0.3 is 0 Å². The van der Waals surface area contributed by atoms with Crippen LogP contribution < -0.4 is 0 Å². The van der Waals surface area contributed by atoms with Crippen molar-refractivity contribution in [2.24, 2.45) is 0 Å². The van der Waals surface area contributed by atoms with Gasteiger partial charge < -0.3 is 0 Å². The third-order valence-corrected chi connectivity index (χ3v) is 3.87. The minimum atomic E-state index is 0.755. The molecule has 0 atom stereocenters.